The number of Topliss-reactive ketones (excluding diaryl/α,β-unsaturated/α-hetero) is 1. The van der Waals surface area contributed by atoms with E-state index in [0.717, 1.165) is 19.3 Å². The molecule has 0 heterocycles. The molecule has 0 amide bonds. The van der Waals surface area contributed by atoms with E-state index in [4.69, 9.17) is 5.11 Å². The predicted molar refractivity (Wildman–Crippen MR) is 97.2 cm³/mol. The third-order valence-electron chi connectivity index (χ3n) is 5.10. The van der Waals surface area contributed by atoms with Crippen molar-refractivity contribution < 1.29 is 24.9 Å². The quantitative estimate of drug-likeness (QED) is 0.348. The van der Waals surface area contributed by atoms with Crippen LogP contribution in [0.25, 0.3) is 0 Å². The highest BCUT2D eigenvalue weighted by atomic mass is 16.4. The second-order valence-corrected chi connectivity index (χ2v) is 7.18. The van der Waals surface area contributed by atoms with Crippen molar-refractivity contribution in [1.82, 2.24) is 0 Å². The molecule has 5 nitrogen and oxygen atoms in total. The van der Waals surface area contributed by atoms with Gasteiger partial charge in [-0.05, 0) is 25.7 Å². The van der Waals surface area contributed by atoms with Gasteiger partial charge < -0.3 is 15.3 Å². The first-order valence-corrected chi connectivity index (χ1v) is 9.73. The number of aliphatic hydroxyl groups excluding tert-OH is 2. The minimum Gasteiger partial charge on any atom is -0.481 e. The third-order valence-corrected chi connectivity index (χ3v) is 5.10. The molecule has 0 aromatic rings. The Morgan fingerprint density at radius 1 is 1.20 bits per heavy atom. The van der Waals surface area contributed by atoms with Crippen LogP contribution in [0.5, 0.6) is 0 Å². The van der Waals surface area contributed by atoms with E-state index < -0.39 is 18.2 Å². The van der Waals surface area contributed by atoms with E-state index in [1.54, 1.807) is 0 Å². The molecule has 1 fully saturated rings. The summed E-state index contributed by atoms with van der Waals surface area (Å²) in [4.78, 5) is 22.6. The summed E-state index contributed by atoms with van der Waals surface area (Å²) in [6.45, 7) is 2.16. The van der Waals surface area contributed by atoms with Crippen molar-refractivity contribution in [2.75, 3.05) is 0 Å². The molecule has 1 saturated carbocycles. The number of hydrogen-bond donors (Lipinski definition) is 3. The van der Waals surface area contributed by atoms with Gasteiger partial charge in [0.15, 0.2) is 0 Å². The topological polar surface area (TPSA) is 94.8 Å². The van der Waals surface area contributed by atoms with E-state index in [2.05, 4.69) is 6.92 Å². The standard InChI is InChI=1S/C20H34O5/c1-2-3-4-5-9-12-16(21)20-15(17(22)14-18(20)23)11-8-6-7-10-13-19(24)25/h6,8,15-16,18,20-21,23H,2-5,7,9-14H2,1H3,(H,24,25)/b8-6-. The molecule has 0 aliphatic heterocycles. The van der Waals surface area contributed by atoms with Crippen LogP contribution < -0.4 is 0 Å². The van der Waals surface area contributed by atoms with Crippen LogP contribution in [-0.4, -0.2) is 39.3 Å². The van der Waals surface area contributed by atoms with Crippen molar-refractivity contribution in [3.63, 3.8) is 0 Å². The Labute approximate surface area is 151 Å². The third kappa shape index (κ3) is 8.15. The summed E-state index contributed by atoms with van der Waals surface area (Å²) in [6, 6.07) is 0. The van der Waals surface area contributed by atoms with Gasteiger partial charge in [-0.25, -0.2) is 0 Å². The first-order chi connectivity index (χ1) is 12.0. The Morgan fingerprint density at radius 2 is 1.92 bits per heavy atom. The number of allylic oxidation sites excluding steroid dienone is 2. The summed E-state index contributed by atoms with van der Waals surface area (Å²) in [6.07, 6.45) is 10.6. The predicted octanol–water partition coefficient (Wildman–Crippen LogP) is 3.48. The minimum atomic E-state index is -0.801. The average molecular weight is 354 g/mol. The molecule has 0 saturated heterocycles. The summed E-state index contributed by atoms with van der Waals surface area (Å²) in [5, 5.41) is 29.2. The molecule has 0 aromatic heterocycles. The van der Waals surface area contributed by atoms with E-state index in [-0.39, 0.29) is 30.5 Å². The van der Waals surface area contributed by atoms with Gasteiger partial charge in [-0.2, -0.15) is 0 Å². The lowest BCUT2D eigenvalue weighted by Crippen LogP contribution is -2.32. The van der Waals surface area contributed by atoms with Gasteiger partial charge in [0, 0.05) is 24.7 Å². The number of carbonyl (C=O) groups is 2. The van der Waals surface area contributed by atoms with E-state index in [1.165, 1.54) is 12.8 Å². The molecule has 0 bridgehead atoms. The SMILES string of the molecule is CCCCCCCC(O)C1C(O)CC(=O)C1C/C=C\CCCC(=O)O. The van der Waals surface area contributed by atoms with Gasteiger partial charge in [0.05, 0.1) is 12.2 Å². The van der Waals surface area contributed by atoms with Gasteiger partial charge in [0.2, 0.25) is 0 Å². The number of hydrogen-bond acceptors (Lipinski definition) is 4. The molecule has 0 aromatic carbocycles. The second-order valence-electron chi connectivity index (χ2n) is 7.18. The first-order valence-electron chi connectivity index (χ1n) is 9.73. The lowest BCUT2D eigenvalue weighted by atomic mass is 9.84. The smallest absolute Gasteiger partial charge is 0.303 e. The molecule has 4 atom stereocenters. The van der Waals surface area contributed by atoms with Crippen LogP contribution in [0.2, 0.25) is 0 Å². The van der Waals surface area contributed by atoms with Crippen molar-refractivity contribution in [1.29, 1.82) is 0 Å². The van der Waals surface area contributed by atoms with Crippen molar-refractivity contribution in [2.45, 2.75) is 89.8 Å². The molecule has 1 aliphatic rings. The van der Waals surface area contributed by atoms with Gasteiger partial charge in [-0.15, -0.1) is 0 Å². The van der Waals surface area contributed by atoms with E-state index in [1.807, 2.05) is 12.2 Å². The number of aliphatic hydroxyl groups is 2. The fraction of sp³-hybridized carbons (Fsp3) is 0.800. The van der Waals surface area contributed by atoms with Crippen LogP contribution in [0, 0.1) is 11.8 Å². The molecule has 0 spiro atoms. The number of aliphatic carboxylic acids is 1. The molecule has 1 rings (SSSR count). The number of rotatable bonds is 13. The second kappa shape index (κ2) is 12.2. The Kier molecular flexibility index (Phi) is 10.7. The first kappa shape index (κ1) is 21.8. The fourth-order valence-corrected chi connectivity index (χ4v) is 3.67. The number of carboxylic acids is 1. The van der Waals surface area contributed by atoms with E-state index in [9.17, 15) is 19.8 Å². The number of unbranched alkanes of at least 4 members (excludes halogenated alkanes) is 5. The summed E-state index contributed by atoms with van der Waals surface area (Å²) >= 11 is 0. The van der Waals surface area contributed by atoms with Gasteiger partial charge in [-0.1, -0.05) is 51.2 Å². The fourth-order valence-electron chi connectivity index (χ4n) is 3.67. The van der Waals surface area contributed by atoms with Crippen LogP contribution in [0.4, 0.5) is 0 Å². The maximum absolute atomic E-state index is 12.1. The number of ketones is 1. The van der Waals surface area contributed by atoms with Crippen LogP contribution in [0.1, 0.15) is 77.6 Å². The number of carboxylic acid groups (broad SMARTS) is 1. The Balaban J connectivity index is 2.42. The summed E-state index contributed by atoms with van der Waals surface area (Å²) < 4.78 is 0. The van der Waals surface area contributed by atoms with Crippen LogP contribution in [0.15, 0.2) is 12.2 Å². The van der Waals surface area contributed by atoms with Crippen LogP contribution in [0.3, 0.4) is 0 Å². The molecular weight excluding hydrogens is 320 g/mol. The van der Waals surface area contributed by atoms with Gasteiger partial charge in [0.25, 0.3) is 0 Å². The lowest BCUT2D eigenvalue weighted by molar-refractivity contribution is -0.137. The molecule has 4 unspecified atom stereocenters. The molecule has 0 radical (unpaired) electrons. The molecular formula is C20H34O5. The zero-order chi connectivity index (χ0) is 18.7. The highest BCUT2D eigenvalue weighted by Gasteiger charge is 2.44. The molecule has 5 heteroatoms. The zero-order valence-corrected chi connectivity index (χ0v) is 15.4. The maximum atomic E-state index is 12.1. The molecule has 144 valence electrons. The van der Waals surface area contributed by atoms with Crippen LogP contribution in [-0.2, 0) is 9.59 Å². The highest BCUT2D eigenvalue weighted by molar-refractivity contribution is 5.84. The van der Waals surface area contributed by atoms with Crippen molar-refractivity contribution in [3.05, 3.63) is 12.2 Å². The Bertz CT molecular complexity index is 432. The largest absolute Gasteiger partial charge is 0.481 e. The Morgan fingerprint density at radius 3 is 2.60 bits per heavy atom. The van der Waals surface area contributed by atoms with Crippen molar-refractivity contribution >= 4 is 11.8 Å². The minimum absolute atomic E-state index is 0.0257. The molecule has 25 heavy (non-hydrogen) atoms. The van der Waals surface area contributed by atoms with E-state index in [0.29, 0.717) is 25.7 Å². The number of carbonyl (C=O) groups excluding carboxylic acids is 1. The van der Waals surface area contributed by atoms with Gasteiger partial charge >= 0.3 is 5.97 Å². The monoisotopic (exact) mass is 354 g/mol. The lowest BCUT2D eigenvalue weighted by Gasteiger charge is -2.25. The van der Waals surface area contributed by atoms with Crippen LogP contribution >= 0.6 is 0 Å². The summed E-state index contributed by atoms with van der Waals surface area (Å²) in [7, 11) is 0. The molecule has 3 N–H and O–H groups in total. The summed E-state index contributed by atoms with van der Waals surface area (Å²) in [5.74, 6) is -1.47. The molecule has 1 aliphatic carbocycles. The maximum Gasteiger partial charge on any atom is 0.303 e. The highest BCUT2D eigenvalue weighted by Crippen LogP contribution is 2.36. The van der Waals surface area contributed by atoms with Gasteiger partial charge in [-0.3, -0.25) is 9.59 Å². The van der Waals surface area contributed by atoms with Crippen molar-refractivity contribution in [2.24, 2.45) is 11.8 Å². The van der Waals surface area contributed by atoms with Crippen molar-refractivity contribution in [3.8, 4) is 0 Å². The normalized spacial score (nSPS) is 24.9. The average Bonchev–Trinajstić information content (AvgIpc) is 2.83. The van der Waals surface area contributed by atoms with Gasteiger partial charge in [0.1, 0.15) is 5.78 Å². The zero-order valence-electron chi connectivity index (χ0n) is 15.4. The Hall–Kier alpha value is -1.20. The van der Waals surface area contributed by atoms with E-state index >= 15 is 0 Å². The summed E-state index contributed by atoms with van der Waals surface area (Å²) in [5.41, 5.74) is 0.